The molecule has 0 amide bonds. The molecular formula is C14H17ClF3IN2O3S. The van der Waals surface area contributed by atoms with Crippen LogP contribution in [0, 0.1) is 9.49 Å². The summed E-state index contributed by atoms with van der Waals surface area (Å²) in [6.45, 7) is 5.40. The van der Waals surface area contributed by atoms with Gasteiger partial charge in [0.05, 0.1) is 15.0 Å². The Morgan fingerprint density at radius 1 is 1.52 bits per heavy atom. The average molecular weight is 513 g/mol. The van der Waals surface area contributed by atoms with E-state index >= 15 is 0 Å². The third-order valence-corrected chi connectivity index (χ3v) is 4.98. The lowest BCUT2D eigenvalue weighted by molar-refractivity contribution is -0.208. The van der Waals surface area contributed by atoms with E-state index in [1.807, 2.05) is 13.8 Å². The molecule has 1 aromatic heterocycles. The van der Waals surface area contributed by atoms with Gasteiger partial charge in [0.15, 0.2) is 17.0 Å². The fourth-order valence-electron chi connectivity index (χ4n) is 1.57. The molecule has 0 saturated heterocycles. The quantitative estimate of drug-likeness (QED) is 0.339. The Hall–Kier alpha value is -0.460. The van der Waals surface area contributed by atoms with Gasteiger partial charge >= 0.3 is 6.18 Å². The number of nitrogens with zero attached hydrogens (tertiary/aromatic N) is 2. The lowest BCUT2D eigenvalue weighted by atomic mass is 10.1. The van der Waals surface area contributed by atoms with Gasteiger partial charge in [-0.25, -0.2) is 9.19 Å². The minimum absolute atomic E-state index is 0.0258. The number of hydrogen-bond acceptors (Lipinski definition) is 4. The second-order valence-electron chi connectivity index (χ2n) is 5.23. The number of aromatic nitrogens is 1. The summed E-state index contributed by atoms with van der Waals surface area (Å²) >= 11 is 7.65. The molecule has 0 aliphatic carbocycles. The van der Waals surface area contributed by atoms with Crippen molar-refractivity contribution in [2.45, 2.75) is 33.1 Å². The summed E-state index contributed by atoms with van der Waals surface area (Å²) in [6.07, 6.45) is -7.57. The van der Waals surface area contributed by atoms with Crippen molar-refractivity contribution >= 4 is 50.9 Å². The fraction of sp³-hybridized carbons (Fsp3) is 0.571. The van der Waals surface area contributed by atoms with Crippen LogP contribution in [0.5, 0.6) is 5.75 Å². The first kappa shape index (κ1) is 22.6. The van der Waals surface area contributed by atoms with Gasteiger partial charge < -0.3 is 9.84 Å². The second-order valence-corrected chi connectivity index (χ2v) is 8.15. The van der Waals surface area contributed by atoms with Gasteiger partial charge in [-0.05, 0) is 34.6 Å². The van der Waals surface area contributed by atoms with Gasteiger partial charge in [0.2, 0.25) is 0 Å². The van der Waals surface area contributed by atoms with Crippen LogP contribution in [-0.2, 0) is 11.0 Å². The van der Waals surface area contributed by atoms with Crippen molar-refractivity contribution in [3.63, 3.8) is 0 Å². The number of pyridine rings is 1. The minimum Gasteiger partial charge on any atom is -0.483 e. The summed E-state index contributed by atoms with van der Waals surface area (Å²) in [4.78, 5) is 3.57. The maximum absolute atomic E-state index is 12.6. The van der Waals surface area contributed by atoms with Crippen LogP contribution in [0.25, 0.3) is 0 Å². The van der Waals surface area contributed by atoms with E-state index in [1.165, 1.54) is 0 Å². The monoisotopic (exact) mass is 512 g/mol. The Morgan fingerprint density at radius 2 is 2.12 bits per heavy atom. The number of halogens is 5. The summed E-state index contributed by atoms with van der Waals surface area (Å²) in [5.41, 5.74) is -0.0782. The van der Waals surface area contributed by atoms with E-state index in [2.05, 4.69) is 9.38 Å². The van der Waals surface area contributed by atoms with Crippen LogP contribution in [0.15, 0.2) is 10.5 Å². The Labute approximate surface area is 164 Å². The van der Waals surface area contributed by atoms with Crippen LogP contribution in [-0.4, -0.2) is 38.5 Å². The van der Waals surface area contributed by atoms with Crippen molar-refractivity contribution < 1.29 is 27.2 Å². The molecule has 0 aromatic carbocycles. The standard InChI is InChI=1S/C14H17ClF3IN2O3S/c1-4-25(23)21-10(7(2)3)6-24-11-8(19)5-9(20-13(11)15)12(22)14(16,17)18/h5,7,12,22H,4,6H2,1-3H3/b21-10+. The first-order chi connectivity index (χ1) is 11.5. The molecule has 1 N–H and O–H groups in total. The lowest BCUT2D eigenvalue weighted by Gasteiger charge is -2.17. The van der Waals surface area contributed by atoms with E-state index in [-0.39, 0.29) is 27.0 Å². The number of ether oxygens (including phenoxy) is 1. The summed E-state index contributed by atoms with van der Waals surface area (Å²) < 4.78 is 59.2. The third kappa shape index (κ3) is 6.65. The SMILES string of the molecule is CCS(=O)/N=C(\COc1c(I)cc(C(O)C(F)(F)F)nc1Cl)C(C)C. The highest BCUT2D eigenvalue weighted by Crippen LogP contribution is 2.36. The number of aliphatic hydroxyl groups excluding tert-OH is 1. The molecular weight excluding hydrogens is 496 g/mol. The van der Waals surface area contributed by atoms with Crippen LogP contribution in [0.3, 0.4) is 0 Å². The normalized spacial score (nSPS) is 15.4. The number of hydrogen-bond donors (Lipinski definition) is 1. The van der Waals surface area contributed by atoms with Gasteiger partial charge in [0.1, 0.15) is 17.6 Å². The van der Waals surface area contributed by atoms with Crippen molar-refractivity contribution in [2.75, 3.05) is 12.4 Å². The maximum atomic E-state index is 12.6. The van der Waals surface area contributed by atoms with Crippen molar-refractivity contribution in [3.05, 3.63) is 20.5 Å². The fourth-order valence-corrected chi connectivity index (χ4v) is 3.36. The summed E-state index contributed by atoms with van der Waals surface area (Å²) in [5, 5.41) is 8.97. The molecule has 0 bridgehead atoms. The zero-order valence-electron chi connectivity index (χ0n) is 13.6. The molecule has 25 heavy (non-hydrogen) atoms. The smallest absolute Gasteiger partial charge is 0.420 e. The molecule has 0 aliphatic heterocycles. The molecule has 0 saturated carbocycles. The maximum Gasteiger partial charge on any atom is 0.420 e. The Kier molecular flexibility index (Phi) is 8.55. The largest absolute Gasteiger partial charge is 0.483 e. The number of aliphatic hydroxyl groups is 1. The molecule has 5 nitrogen and oxygen atoms in total. The van der Waals surface area contributed by atoms with E-state index in [4.69, 9.17) is 16.3 Å². The van der Waals surface area contributed by atoms with Crippen LogP contribution in [0.2, 0.25) is 5.15 Å². The van der Waals surface area contributed by atoms with E-state index in [9.17, 15) is 22.5 Å². The molecule has 1 heterocycles. The second kappa shape index (κ2) is 9.47. The first-order valence-corrected chi connectivity index (χ1v) is 9.90. The van der Waals surface area contributed by atoms with Gasteiger partial charge in [-0.2, -0.15) is 17.6 Å². The van der Waals surface area contributed by atoms with Crippen LogP contribution in [0.1, 0.15) is 32.6 Å². The summed E-state index contributed by atoms with van der Waals surface area (Å²) in [6, 6.07) is 1.05. The molecule has 0 radical (unpaired) electrons. The molecule has 0 fully saturated rings. The van der Waals surface area contributed by atoms with Gasteiger partial charge in [-0.1, -0.05) is 32.4 Å². The Morgan fingerprint density at radius 3 is 2.56 bits per heavy atom. The molecule has 0 spiro atoms. The summed E-state index contributed by atoms with van der Waals surface area (Å²) in [5.74, 6) is 0.405. The van der Waals surface area contributed by atoms with Gasteiger partial charge in [0.25, 0.3) is 0 Å². The molecule has 142 valence electrons. The third-order valence-electron chi connectivity index (χ3n) is 2.99. The molecule has 2 atom stereocenters. The Balaban J connectivity index is 3.04. The predicted octanol–water partition coefficient (Wildman–Crippen LogP) is 4.09. The predicted molar refractivity (Wildman–Crippen MR) is 99.4 cm³/mol. The van der Waals surface area contributed by atoms with E-state index in [1.54, 1.807) is 29.5 Å². The molecule has 2 unspecified atom stereocenters. The topological polar surface area (TPSA) is 71.8 Å². The molecule has 1 rings (SSSR count). The van der Waals surface area contributed by atoms with Crippen molar-refractivity contribution in [1.29, 1.82) is 0 Å². The molecule has 1 aromatic rings. The summed E-state index contributed by atoms with van der Waals surface area (Å²) in [7, 11) is -1.37. The van der Waals surface area contributed by atoms with E-state index in [0.717, 1.165) is 6.07 Å². The van der Waals surface area contributed by atoms with Crippen molar-refractivity contribution in [1.82, 2.24) is 4.98 Å². The van der Waals surface area contributed by atoms with Gasteiger partial charge in [0, 0.05) is 5.75 Å². The Bertz CT molecular complexity index is 648. The average Bonchev–Trinajstić information content (AvgIpc) is 2.50. The van der Waals surface area contributed by atoms with E-state index < -0.39 is 29.0 Å². The van der Waals surface area contributed by atoms with Crippen molar-refractivity contribution in [3.8, 4) is 5.75 Å². The van der Waals surface area contributed by atoms with Crippen LogP contribution >= 0.6 is 34.2 Å². The molecule has 11 heteroatoms. The zero-order valence-corrected chi connectivity index (χ0v) is 17.3. The highest BCUT2D eigenvalue weighted by molar-refractivity contribution is 14.1. The number of rotatable bonds is 7. The highest BCUT2D eigenvalue weighted by atomic mass is 127. The highest BCUT2D eigenvalue weighted by Gasteiger charge is 2.41. The van der Waals surface area contributed by atoms with Crippen molar-refractivity contribution in [2.24, 2.45) is 10.3 Å². The van der Waals surface area contributed by atoms with Gasteiger partial charge in [-0.3, -0.25) is 0 Å². The lowest BCUT2D eigenvalue weighted by Crippen LogP contribution is -2.22. The minimum atomic E-state index is -4.84. The van der Waals surface area contributed by atoms with Crippen LogP contribution in [0.4, 0.5) is 13.2 Å². The zero-order chi connectivity index (χ0) is 19.4. The number of alkyl halides is 3. The van der Waals surface area contributed by atoms with Crippen LogP contribution < -0.4 is 4.74 Å². The molecule has 0 aliphatic rings. The van der Waals surface area contributed by atoms with E-state index in [0.29, 0.717) is 11.5 Å². The first-order valence-electron chi connectivity index (χ1n) is 7.16. The van der Waals surface area contributed by atoms with Gasteiger partial charge in [-0.15, -0.1) is 0 Å².